The van der Waals surface area contributed by atoms with Crippen molar-refractivity contribution < 1.29 is 14.3 Å². The molecule has 132 valence electrons. The summed E-state index contributed by atoms with van der Waals surface area (Å²) in [5.41, 5.74) is 1.23. The Labute approximate surface area is 149 Å². The Kier molecular flexibility index (Phi) is 5.94. The lowest BCUT2D eigenvalue weighted by Crippen LogP contribution is -2.41. The van der Waals surface area contributed by atoms with Crippen LogP contribution in [0.2, 0.25) is 0 Å². The first-order valence-corrected chi connectivity index (χ1v) is 8.86. The second-order valence-electron chi connectivity index (χ2n) is 6.55. The zero-order valence-electron chi connectivity index (χ0n) is 14.7. The van der Waals surface area contributed by atoms with Crippen LogP contribution in [0.3, 0.4) is 0 Å². The van der Waals surface area contributed by atoms with E-state index in [2.05, 4.69) is 19.1 Å². The first-order valence-electron chi connectivity index (χ1n) is 8.86. The van der Waals surface area contributed by atoms with Gasteiger partial charge in [0.15, 0.2) is 6.61 Å². The fraction of sp³-hybridized carbons (Fsp3) is 0.381. The smallest absolute Gasteiger partial charge is 0.260 e. The molecule has 2 aromatic carbocycles. The maximum absolute atomic E-state index is 12.3. The maximum Gasteiger partial charge on any atom is 0.260 e. The third-order valence-corrected chi connectivity index (χ3v) is 4.58. The highest BCUT2D eigenvalue weighted by molar-refractivity contribution is 5.77. The fourth-order valence-corrected chi connectivity index (χ4v) is 2.95. The van der Waals surface area contributed by atoms with Crippen molar-refractivity contribution in [3.63, 3.8) is 0 Å². The summed E-state index contributed by atoms with van der Waals surface area (Å²) < 4.78 is 11.4. The second kappa shape index (κ2) is 8.56. The number of benzene rings is 2. The van der Waals surface area contributed by atoms with Gasteiger partial charge in [0.1, 0.15) is 11.5 Å². The highest BCUT2D eigenvalue weighted by Gasteiger charge is 2.23. The molecule has 25 heavy (non-hydrogen) atoms. The topological polar surface area (TPSA) is 38.8 Å². The van der Waals surface area contributed by atoms with Crippen molar-refractivity contribution in [2.45, 2.75) is 19.8 Å². The van der Waals surface area contributed by atoms with Crippen molar-refractivity contribution in [1.82, 2.24) is 4.90 Å². The van der Waals surface area contributed by atoms with E-state index in [0.717, 1.165) is 37.4 Å². The van der Waals surface area contributed by atoms with E-state index in [1.54, 1.807) is 0 Å². The minimum absolute atomic E-state index is 0.0572. The number of aryl methyl sites for hydroxylation is 1. The zero-order chi connectivity index (χ0) is 17.5. The summed E-state index contributed by atoms with van der Waals surface area (Å²) in [5, 5.41) is 0. The van der Waals surface area contributed by atoms with Gasteiger partial charge in [0.25, 0.3) is 5.91 Å². The van der Waals surface area contributed by atoms with Gasteiger partial charge in [-0.25, -0.2) is 0 Å². The Bertz CT molecular complexity index is 661. The highest BCUT2D eigenvalue weighted by Crippen LogP contribution is 2.20. The predicted octanol–water partition coefficient (Wildman–Crippen LogP) is 3.69. The van der Waals surface area contributed by atoms with Crippen LogP contribution in [0.5, 0.6) is 11.5 Å². The Morgan fingerprint density at radius 2 is 1.60 bits per heavy atom. The molecule has 4 heteroatoms. The first kappa shape index (κ1) is 17.3. The van der Waals surface area contributed by atoms with Gasteiger partial charge in [-0.3, -0.25) is 4.79 Å². The molecule has 1 amide bonds. The van der Waals surface area contributed by atoms with Crippen molar-refractivity contribution in [1.29, 1.82) is 0 Å². The number of rotatable bonds is 6. The molecule has 1 aliphatic heterocycles. The van der Waals surface area contributed by atoms with Crippen molar-refractivity contribution in [2.75, 3.05) is 26.3 Å². The molecule has 0 unspecified atom stereocenters. The molecular weight excluding hydrogens is 314 g/mol. The Hall–Kier alpha value is -2.49. The van der Waals surface area contributed by atoms with E-state index in [0.29, 0.717) is 12.5 Å². The maximum atomic E-state index is 12.3. The quantitative estimate of drug-likeness (QED) is 0.806. The number of hydrogen-bond donors (Lipinski definition) is 0. The van der Waals surface area contributed by atoms with Crippen LogP contribution in [0.1, 0.15) is 18.4 Å². The summed E-state index contributed by atoms with van der Waals surface area (Å²) in [4.78, 5) is 14.2. The molecule has 3 rings (SSSR count). The number of carbonyl (C=O) groups excluding carboxylic acids is 1. The summed E-state index contributed by atoms with van der Waals surface area (Å²) in [7, 11) is 0. The normalized spacial score (nSPS) is 15.0. The highest BCUT2D eigenvalue weighted by atomic mass is 16.5. The number of para-hydroxylation sites is 1. The van der Waals surface area contributed by atoms with Gasteiger partial charge in [-0.1, -0.05) is 35.9 Å². The molecule has 0 aliphatic carbocycles. The van der Waals surface area contributed by atoms with Crippen LogP contribution in [0.15, 0.2) is 54.6 Å². The summed E-state index contributed by atoms with van der Waals surface area (Å²) in [5.74, 6) is 2.21. The molecular formula is C21H25NO3. The van der Waals surface area contributed by atoms with Gasteiger partial charge in [-0.2, -0.15) is 0 Å². The number of ether oxygens (including phenoxy) is 2. The Morgan fingerprint density at radius 1 is 0.960 bits per heavy atom. The van der Waals surface area contributed by atoms with Crippen molar-refractivity contribution in [2.24, 2.45) is 5.92 Å². The molecule has 0 bridgehead atoms. The SMILES string of the molecule is Cc1ccc(OCC2CCN(C(=O)COc3ccccc3)CC2)cc1. The van der Waals surface area contributed by atoms with Crippen LogP contribution in [0.4, 0.5) is 0 Å². The second-order valence-corrected chi connectivity index (χ2v) is 6.55. The molecule has 0 aromatic heterocycles. The summed E-state index contributed by atoms with van der Waals surface area (Å²) in [6.45, 7) is 4.44. The monoisotopic (exact) mass is 339 g/mol. The molecule has 1 fully saturated rings. The van der Waals surface area contributed by atoms with Crippen LogP contribution in [0.25, 0.3) is 0 Å². The number of likely N-dealkylation sites (tertiary alicyclic amines) is 1. The summed E-state index contributed by atoms with van der Waals surface area (Å²) in [6, 6.07) is 17.6. The van der Waals surface area contributed by atoms with Gasteiger partial charge < -0.3 is 14.4 Å². The van der Waals surface area contributed by atoms with E-state index in [1.807, 2.05) is 47.4 Å². The van der Waals surface area contributed by atoms with Crippen molar-refractivity contribution in [3.05, 3.63) is 60.2 Å². The van der Waals surface area contributed by atoms with Crippen molar-refractivity contribution in [3.8, 4) is 11.5 Å². The van der Waals surface area contributed by atoms with Gasteiger partial charge in [-0.15, -0.1) is 0 Å². The number of carbonyl (C=O) groups is 1. The molecule has 0 saturated carbocycles. The molecule has 1 aliphatic rings. The number of amides is 1. The molecule has 4 nitrogen and oxygen atoms in total. The third-order valence-electron chi connectivity index (χ3n) is 4.58. The number of hydrogen-bond acceptors (Lipinski definition) is 3. The fourth-order valence-electron chi connectivity index (χ4n) is 2.95. The van der Waals surface area contributed by atoms with E-state index in [-0.39, 0.29) is 12.5 Å². The van der Waals surface area contributed by atoms with E-state index in [4.69, 9.17) is 9.47 Å². The largest absolute Gasteiger partial charge is 0.493 e. The van der Waals surface area contributed by atoms with Crippen LogP contribution < -0.4 is 9.47 Å². The van der Waals surface area contributed by atoms with Gasteiger partial charge in [-0.05, 0) is 49.9 Å². The van der Waals surface area contributed by atoms with E-state index in [9.17, 15) is 4.79 Å². The number of nitrogens with zero attached hydrogens (tertiary/aromatic N) is 1. The molecule has 0 N–H and O–H groups in total. The van der Waals surface area contributed by atoms with Crippen LogP contribution >= 0.6 is 0 Å². The molecule has 0 radical (unpaired) electrons. The summed E-state index contributed by atoms with van der Waals surface area (Å²) in [6.07, 6.45) is 1.95. The predicted molar refractivity (Wildman–Crippen MR) is 97.9 cm³/mol. The van der Waals surface area contributed by atoms with Crippen LogP contribution in [-0.4, -0.2) is 37.1 Å². The third kappa shape index (κ3) is 5.24. The van der Waals surface area contributed by atoms with Crippen LogP contribution in [0, 0.1) is 12.8 Å². The Morgan fingerprint density at radius 3 is 2.28 bits per heavy atom. The van der Waals surface area contributed by atoms with Gasteiger partial charge in [0.2, 0.25) is 0 Å². The molecule has 2 aromatic rings. The zero-order valence-corrected chi connectivity index (χ0v) is 14.7. The minimum Gasteiger partial charge on any atom is -0.493 e. The van der Waals surface area contributed by atoms with Gasteiger partial charge in [0.05, 0.1) is 6.61 Å². The van der Waals surface area contributed by atoms with E-state index in [1.165, 1.54) is 5.56 Å². The van der Waals surface area contributed by atoms with Gasteiger partial charge in [0, 0.05) is 13.1 Å². The minimum atomic E-state index is 0.0572. The summed E-state index contributed by atoms with van der Waals surface area (Å²) >= 11 is 0. The first-order chi connectivity index (χ1) is 12.2. The standard InChI is InChI=1S/C21H25NO3/c1-17-7-9-20(10-8-17)24-15-18-11-13-22(14-12-18)21(23)16-25-19-5-3-2-4-6-19/h2-10,18H,11-16H2,1H3. The lowest BCUT2D eigenvalue weighted by Gasteiger charge is -2.31. The lowest BCUT2D eigenvalue weighted by atomic mass is 9.98. The molecule has 1 heterocycles. The average molecular weight is 339 g/mol. The van der Waals surface area contributed by atoms with Crippen LogP contribution in [-0.2, 0) is 4.79 Å². The van der Waals surface area contributed by atoms with Gasteiger partial charge >= 0.3 is 0 Å². The molecule has 0 atom stereocenters. The molecule has 1 saturated heterocycles. The Balaban J connectivity index is 1.37. The number of piperidine rings is 1. The van der Waals surface area contributed by atoms with E-state index < -0.39 is 0 Å². The lowest BCUT2D eigenvalue weighted by molar-refractivity contribution is -0.134. The van der Waals surface area contributed by atoms with Crippen molar-refractivity contribution >= 4 is 5.91 Å². The van der Waals surface area contributed by atoms with E-state index >= 15 is 0 Å². The molecule has 0 spiro atoms. The average Bonchev–Trinajstić information content (AvgIpc) is 2.67.